The molecule has 0 aliphatic heterocycles. The number of carbonyl (C=O) groups excluding carboxylic acids is 1. The maximum atomic E-state index is 11.8. The van der Waals surface area contributed by atoms with Gasteiger partial charge in [0, 0.05) is 10.6 Å². The molecule has 3 aromatic rings. The zero-order chi connectivity index (χ0) is 15.9. The molecule has 6 nitrogen and oxygen atoms in total. The number of nitrogens with zero attached hydrogens (tertiary/aromatic N) is 4. The van der Waals surface area contributed by atoms with Crippen LogP contribution >= 0.6 is 23.1 Å². The zero-order valence-electron chi connectivity index (χ0n) is 12.2. The molecule has 0 aliphatic carbocycles. The van der Waals surface area contributed by atoms with Crippen molar-refractivity contribution in [1.29, 1.82) is 0 Å². The van der Waals surface area contributed by atoms with E-state index in [1.807, 2.05) is 35.7 Å². The van der Waals surface area contributed by atoms with E-state index in [4.69, 9.17) is 4.74 Å². The molecule has 0 atom stereocenters. The first-order chi connectivity index (χ1) is 11.3. The highest BCUT2D eigenvalue weighted by Gasteiger charge is 2.09. The monoisotopic (exact) mass is 346 g/mol. The number of tetrazole rings is 1. The summed E-state index contributed by atoms with van der Waals surface area (Å²) < 4.78 is 6.98. The molecule has 0 amide bonds. The fourth-order valence-corrected chi connectivity index (χ4v) is 3.25. The second-order valence-corrected chi connectivity index (χ2v) is 6.64. The van der Waals surface area contributed by atoms with E-state index in [1.54, 1.807) is 28.2 Å². The highest BCUT2D eigenvalue weighted by molar-refractivity contribution is 7.99. The van der Waals surface area contributed by atoms with E-state index in [2.05, 4.69) is 15.5 Å². The molecule has 0 aliphatic rings. The molecule has 0 saturated heterocycles. The molecule has 23 heavy (non-hydrogen) atoms. The zero-order valence-corrected chi connectivity index (χ0v) is 13.8. The molecule has 8 heteroatoms. The van der Waals surface area contributed by atoms with Gasteiger partial charge in [0.15, 0.2) is 0 Å². The summed E-state index contributed by atoms with van der Waals surface area (Å²) in [4.78, 5) is 13.0. The van der Waals surface area contributed by atoms with Crippen LogP contribution in [0, 0.1) is 0 Å². The van der Waals surface area contributed by atoms with Crippen molar-refractivity contribution in [3.05, 3.63) is 58.3 Å². The lowest BCUT2D eigenvalue weighted by atomic mass is 10.2. The summed E-state index contributed by atoms with van der Waals surface area (Å²) in [6.45, 7) is 0.959. The van der Waals surface area contributed by atoms with Crippen LogP contribution < -0.4 is 0 Å². The van der Waals surface area contributed by atoms with Crippen molar-refractivity contribution in [3.63, 3.8) is 0 Å². The smallest absolute Gasteiger partial charge is 0.338 e. The number of hydrogen-bond acceptors (Lipinski definition) is 7. The van der Waals surface area contributed by atoms with Gasteiger partial charge in [-0.1, -0.05) is 36.0 Å². The summed E-state index contributed by atoms with van der Waals surface area (Å²) in [5, 5.41) is 14.4. The molecule has 1 aromatic carbocycles. The van der Waals surface area contributed by atoms with Gasteiger partial charge in [-0.15, -0.1) is 16.4 Å². The maximum Gasteiger partial charge on any atom is 0.338 e. The van der Waals surface area contributed by atoms with Gasteiger partial charge in [0.25, 0.3) is 0 Å². The largest absolute Gasteiger partial charge is 0.461 e. The van der Waals surface area contributed by atoms with Gasteiger partial charge in [0.2, 0.25) is 5.16 Å². The van der Waals surface area contributed by atoms with E-state index in [1.165, 1.54) is 16.6 Å². The summed E-state index contributed by atoms with van der Waals surface area (Å²) in [5.41, 5.74) is 0.556. The molecule has 2 heterocycles. The van der Waals surface area contributed by atoms with Gasteiger partial charge in [-0.3, -0.25) is 0 Å². The first-order valence-electron chi connectivity index (χ1n) is 6.96. The Morgan fingerprint density at radius 1 is 1.22 bits per heavy atom. The van der Waals surface area contributed by atoms with Crippen LogP contribution in [-0.2, 0) is 11.3 Å². The number of carbonyl (C=O) groups is 1. The number of rotatable bonds is 7. The third-order valence-corrected chi connectivity index (χ3v) is 4.72. The predicted octanol–water partition coefficient (Wildman–Crippen LogP) is 2.73. The average molecular weight is 346 g/mol. The van der Waals surface area contributed by atoms with Crippen molar-refractivity contribution < 1.29 is 9.53 Å². The predicted molar refractivity (Wildman–Crippen MR) is 88.7 cm³/mol. The molecule has 0 unspecified atom stereocenters. The van der Waals surface area contributed by atoms with Crippen LogP contribution in [0.1, 0.15) is 15.2 Å². The van der Waals surface area contributed by atoms with Crippen LogP contribution in [0.2, 0.25) is 0 Å². The molecule has 2 aromatic heterocycles. The standard InChI is InChI=1S/C15H14N4O2S2/c20-14(12-5-2-1-3-6-12)21-8-10-23-15-16-17-18-19(15)11-13-7-4-9-22-13/h1-7,9H,8,10-11H2. The lowest BCUT2D eigenvalue weighted by molar-refractivity contribution is 0.0530. The maximum absolute atomic E-state index is 11.8. The lowest BCUT2D eigenvalue weighted by Crippen LogP contribution is -2.08. The van der Waals surface area contributed by atoms with Gasteiger partial charge in [0.05, 0.1) is 12.1 Å². The number of aromatic nitrogens is 4. The van der Waals surface area contributed by atoms with Gasteiger partial charge < -0.3 is 4.74 Å². The summed E-state index contributed by atoms with van der Waals surface area (Å²) in [6.07, 6.45) is 0. The minimum atomic E-state index is -0.315. The van der Waals surface area contributed by atoms with Crippen molar-refractivity contribution in [2.24, 2.45) is 0 Å². The van der Waals surface area contributed by atoms with Gasteiger partial charge in [-0.2, -0.15) is 0 Å². The van der Waals surface area contributed by atoms with E-state index in [-0.39, 0.29) is 5.97 Å². The molecule has 0 saturated carbocycles. The Morgan fingerprint density at radius 2 is 2.09 bits per heavy atom. The average Bonchev–Trinajstić information content (AvgIpc) is 3.25. The number of hydrogen-bond donors (Lipinski definition) is 0. The molecule has 0 bridgehead atoms. The Hall–Kier alpha value is -2.19. The van der Waals surface area contributed by atoms with Crippen molar-refractivity contribution >= 4 is 29.1 Å². The van der Waals surface area contributed by atoms with E-state index < -0.39 is 0 Å². The molecular formula is C15H14N4O2S2. The first-order valence-corrected chi connectivity index (χ1v) is 8.83. The molecule has 3 rings (SSSR count). The van der Waals surface area contributed by atoms with Gasteiger partial charge >= 0.3 is 5.97 Å². The summed E-state index contributed by atoms with van der Waals surface area (Å²) >= 11 is 3.13. The number of ether oxygens (including phenoxy) is 1. The Bertz CT molecular complexity index is 744. The number of thiophene rings is 1. The van der Waals surface area contributed by atoms with Crippen molar-refractivity contribution in [1.82, 2.24) is 20.2 Å². The highest BCUT2D eigenvalue weighted by Crippen LogP contribution is 2.17. The molecule has 0 N–H and O–H groups in total. The molecule has 118 valence electrons. The van der Waals surface area contributed by atoms with E-state index in [0.717, 1.165) is 0 Å². The SMILES string of the molecule is O=C(OCCSc1nnnn1Cc1cccs1)c1ccccc1. The molecular weight excluding hydrogens is 332 g/mol. The van der Waals surface area contributed by atoms with Crippen LogP contribution in [0.4, 0.5) is 0 Å². The second-order valence-electron chi connectivity index (χ2n) is 4.55. The van der Waals surface area contributed by atoms with E-state index in [9.17, 15) is 4.79 Å². The molecule has 0 fully saturated rings. The fraction of sp³-hybridized carbons (Fsp3) is 0.200. The molecule has 0 spiro atoms. The third kappa shape index (κ3) is 4.40. The third-order valence-electron chi connectivity index (χ3n) is 2.94. The summed E-state index contributed by atoms with van der Waals surface area (Å²) in [6, 6.07) is 13.0. The number of esters is 1. The summed E-state index contributed by atoms with van der Waals surface area (Å²) in [7, 11) is 0. The van der Waals surface area contributed by atoms with E-state index in [0.29, 0.717) is 29.6 Å². The van der Waals surface area contributed by atoms with Crippen LogP contribution in [0.25, 0.3) is 0 Å². The van der Waals surface area contributed by atoms with Crippen molar-refractivity contribution in [2.45, 2.75) is 11.7 Å². The van der Waals surface area contributed by atoms with Crippen LogP contribution in [0.5, 0.6) is 0 Å². The van der Waals surface area contributed by atoms with Gasteiger partial charge in [0.1, 0.15) is 6.61 Å². The van der Waals surface area contributed by atoms with Gasteiger partial charge in [-0.05, 0) is 34.0 Å². The van der Waals surface area contributed by atoms with Crippen LogP contribution in [-0.4, -0.2) is 38.5 Å². The van der Waals surface area contributed by atoms with Crippen molar-refractivity contribution in [3.8, 4) is 0 Å². The Kier molecular flexibility index (Phi) is 5.38. The first kappa shape index (κ1) is 15.7. The molecule has 0 radical (unpaired) electrons. The lowest BCUT2D eigenvalue weighted by Gasteiger charge is -2.05. The minimum absolute atomic E-state index is 0.310. The Balaban J connectivity index is 1.46. The van der Waals surface area contributed by atoms with Crippen molar-refractivity contribution in [2.75, 3.05) is 12.4 Å². The quantitative estimate of drug-likeness (QED) is 0.372. The van der Waals surface area contributed by atoms with Crippen LogP contribution in [0.15, 0.2) is 53.0 Å². The topological polar surface area (TPSA) is 69.9 Å². The number of thioether (sulfide) groups is 1. The second kappa shape index (κ2) is 7.89. The Labute approximate surface area is 141 Å². The minimum Gasteiger partial charge on any atom is -0.461 e. The number of benzene rings is 1. The fourth-order valence-electron chi connectivity index (χ4n) is 1.87. The Morgan fingerprint density at radius 3 is 2.87 bits per heavy atom. The van der Waals surface area contributed by atoms with E-state index >= 15 is 0 Å². The van der Waals surface area contributed by atoms with Crippen LogP contribution in [0.3, 0.4) is 0 Å². The van der Waals surface area contributed by atoms with Gasteiger partial charge in [-0.25, -0.2) is 9.48 Å². The normalized spacial score (nSPS) is 10.6. The highest BCUT2D eigenvalue weighted by atomic mass is 32.2. The summed E-state index contributed by atoms with van der Waals surface area (Å²) in [5.74, 6) is 0.285.